The van der Waals surface area contributed by atoms with Gasteiger partial charge in [-0.3, -0.25) is 9.59 Å². The van der Waals surface area contributed by atoms with E-state index in [1.807, 2.05) is 30.3 Å². The summed E-state index contributed by atoms with van der Waals surface area (Å²) >= 11 is 0. The monoisotopic (exact) mass is 230 g/mol. The van der Waals surface area contributed by atoms with Crippen LogP contribution in [0, 0.1) is 0 Å². The zero-order chi connectivity index (χ0) is 12.4. The SMILES string of the molecule is C=CC(=O)N1CC(=O)N(C)C1c1ccccc1. The number of hydrogen-bond acceptors (Lipinski definition) is 2. The van der Waals surface area contributed by atoms with Gasteiger partial charge in [0.2, 0.25) is 11.8 Å². The fraction of sp³-hybridized carbons (Fsp3) is 0.231. The third kappa shape index (κ3) is 1.93. The van der Waals surface area contributed by atoms with Crippen LogP contribution in [0.5, 0.6) is 0 Å². The lowest BCUT2D eigenvalue weighted by atomic mass is 10.1. The standard InChI is InChI=1S/C13H14N2O2/c1-3-11(16)15-9-12(17)14(2)13(15)10-7-5-4-6-8-10/h3-8,13H,1,9H2,2H3. The highest BCUT2D eigenvalue weighted by Crippen LogP contribution is 2.29. The first-order valence-corrected chi connectivity index (χ1v) is 5.39. The molecule has 1 aromatic carbocycles. The minimum absolute atomic E-state index is 0.0611. The maximum Gasteiger partial charge on any atom is 0.248 e. The molecule has 0 bridgehead atoms. The number of amides is 2. The molecule has 17 heavy (non-hydrogen) atoms. The molecule has 2 amide bonds. The molecule has 0 spiro atoms. The predicted molar refractivity (Wildman–Crippen MR) is 63.9 cm³/mol. The lowest BCUT2D eigenvalue weighted by Gasteiger charge is -2.27. The van der Waals surface area contributed by atoms with E-state index in [-0.39, 0.29) is 24.5 Å². The van der Waals surface area contributed by atoms with Gasteiger partial charge >= 0.3 is 0 Å². The van der Waals surface area contributed by atoms with Crippen molar-refractivity contribution in [2.75, 3.05) is 13.6 Å². The van der Waals surface area contributed by atoms with E-state index in [0.29, 0.717) is 0 Å². The van der Waals surface area contributed by atoms with Crippen LogP contribution in [0.15, 0.2) is 43.0 Å². The van der Waals surface area contributed by atoms with E-state index in [0.717, 1.165) is 5.56 Å². The van der Waals surface area contributed by atoms with Gasteiger partial charge in [0.05, 0.1) is 0 Å². The second-order valence-electron chi connectivity index (χ2n) is 3.96. The average Bonchev–Trinajstić information content (AvgIpc) is 2.66. The van der Waals surface area contributed by atoms with Gasteiger partial charge in [0.15, 0.2) is 0 Å². The van der Waals surface area contributed by atoms with Gasteiger partial charge in [0, 0.05) is 7.05 Å². The van der Waals surface area contributed by atoms with Crippen molar-refractivity contribution in [2.24, 2.45) is 0 Å². The van der Waals surface area contributed by atoms with Crippen molar-refractivity contribution in [1.29, 1.82) is 0 Å². The van der Waals surface area contributed by atoms with Crippen LogP contribution < -0.4 is 0 Å². The number of carbonyl (C=O) groups excluding carboxylic acids is 2. The summed E-state index contributed by atoms with van der Waals surface area (Å²) in [7, 11) is 1.70. The van der Waals surface area contributed by atoms with E-state index < -0.39 is 0 Å². The van der Waals surface area contributed by atoms with E-state index in [1.54, 1.807) is 11.9 Å². The quantitative estimate of drug-likeness (QED) is 0.716. The number of hydrogen-bond donors (Lipinski definition) is 0. The van der Waals surface area contributed by atoms with Crippen LogP contribution in [-0.4, -0.2) is 35.2 Å². The molecular weight excluding hydrogens is 216 g/mol. The minimum Gasteiger partial charge on any atom is -0.320 e. The zero-order valence-electron chi connectivity index (χ0n) is 9.67. The molecule has 0 N–H and O–H groups in total. The third-order valence-electron chi connectivity index (χ3n) is 2.92. The second-order valence-corrected chi connectivity index (χ2v) is 3.96. The van der Waals surface area contributed by atoms with Crippen molar-refractivity contribution in [1.82, 2.24) is 9.80 Å². The molecule has 1 saturated heterocycles. The summed E-state index contributed by atoms with van der Waals surface area (Å²) in [5, 5.41) is 0. The highest BCUT2D eigenvalue weighted by atomic mass is 16.2. The highest BCUT2D eigenvalue weighted by molar-refractivity contribution is 5.93. The van der Waals surface area contributed by atoms with Gasteiger partial charge in [-0.05, 0) is 11.6 Å². The van der Waals surface area contributed by atoms with Crippen LogP contribution in [0.1, 0.15) is 11.7 Å². The largest absolute Gasteiger partial charge is 0.320 e. The molecule has 1 unspecified atom stereocenters. The smallest absolute Gasteiger partial charge is 0.248 e. The molecular formula is C13H14N2O2. The fourth-order valence-electron chi connectivity index (χ4n) is 2.03. The van der Waals surface area contributed by atoms with Gasteiger partial charge < -0.3 is 9.80 Å². The summed E-state index contributed by atoms with van der Waals surface area (Å²) in [6, 6.07) is 9.50. The summed E-state index contributed by atoms with van der Waals surface area (Å²) in [5.41, 5.74) is 0.927. The molecule has 1 aliphatic rings. The van der Waals surface area contributed by atoms with Crippen LogP contribution in [-0.2, 0) is 9.59 Å². The number of likely N-dealkylation sites (N-methyl/N-ethyl adjacent to an activating group) is 1. The van der Waals surface area contributed by atoms with Crippen molar-refractivity contribution < 1.29 is 9.59 Å². The van der Waals surface area contributed by atoms with E-state index in [9.17, 15) is 9.59 Å². The fourth-order valence-corrected chi connectivity index (χ4v) is 2.03. The Bertz CT molecular complexity index is 456. The molecule has 1 atom stereocenters. The highest BCUT2D eigenvalue weighted by Gasteiger charge is 2.38. The molecule has 4 nitrogen and oxygen atoms in total. The summed E-state index contributed by atoms with van der Waals surface area (Å²) < 4.78 is 0. The molecule has 1 aromatic rings. The first kappa shape index (κ1) is 11.4. The Morgan fingerprint density at radius 3 is 2.65 bits per heavy atom. The van der Waals surface area contributed by atoms with Gasteiger partial charge in [-0.2, -0.15) is 0 Å². The van der Waals surface area contributed by atoms with Crippen molar-refractivity contribution in [2.45, 2.75) is 6.17 Å². The molecule has 0 saturated carbocycles. The van der Waals surface area contributed by atoms with Crippen molar-refractivity contribution in [3.8, 4) is 0 Å². The molecule has 0 aromatic heterocycles. The number of nitrogens with zero attached hydrogens (tertiary/aromatic N) is 2. The van der Waals surface area contributed by atoms with E-state index >= 15 is 0 Å². The molecule has 2 rings (SSSR count). The van der Waals surface area contributed by atoms with Crippen LogP contribution >= 0.6 is 0 Å². The van der Waals surface area contributed by atoms with E-state index in [2.05, 4.69) is 6.58 Å². The van der Waals surface area contributed by atoms with Crippen LogP contribution in [0.2, 0.25) is 0 Å². The van der Waals surface area contributed by atoms with Crippen molar-refractivity contribution in [3.63, 3.8) is 0 Å². The maximum atomic E-state index is 11.7. The predicted octanol–water partition coefficient (Wildman–Crippen LogP) is 1.17. The Kier molecular flexibility index (Phi) is 2.95. The van der Waals surface area contributed by atoms with Crippen molar-refractivity contribution >= 4 is 11.8 Å². The van der Waals surface area contributed by atoms with Gasteiger partial charge in [-0.25, -0.2) is 0 Å². The van der Waals surface area contributed by atoms with Crippen LogP contribution in [0.25, 0.3) is 0 Å². The molecule has 1 fully saturated rings. The van der Waals surface area contributed by atoms with Gasteiger partial charge in [0.1, 0.15) is 12.7 Å². The lowest BCUT2D eigenvalue weighted by molar-refractivity contribution is -0.128. The number of rotatable bonds is 2. The van der Waals surface area contributed by atoms with Gasteiger partial charge in [-0.1, -0.05) is 36.9 Å². The summed E-state index contributed by atoms with van der Waals surface area (Å²) in [6.07, 6.45) is 0.914. The van der Waals surface area contributed by atoms with Crippen molar-refractivity contribution in [3.05, 3.63) is 48.6 Å². The lowest BCUT2D eigenvalue weighted by Crippen LogP contribution is -2.32. The van der Waals surface area contributed by atoms with E-state index in [4.69, 9.17) is 0 Å². The summed E-state index contributed by atoms with van der Waals surface area (Å²) in [5.74, 6) is -0.286. The first-order valence-electron chi connectivity index (χ1n) is 5.39. The molecule has 1 aliphatic heterocycles. The second kappa shape index (κ2) is 4.41. The number of carbonyl (C=O) groups is 2. The minimum atomic E-state index is -0.325. The molecule has 0 aliphatic carbocycles. The van der Waals surface area contributed by atoms with Crippen LogP contribution in [0.4, 0.5) is 0 Å². The maximum absolute atomic E-state index is 11.7. The topological polar surface area (TPSA) is 40.6 Å². The Balaban J connectivity index is 2.37. The average molecular weight is 230 g/mol. The molecule has 88 valence electrons. The van der Waals surface area contributed by atoms with E-state index in [1.165, 1.54) is 11.0 Å². The Hall–Kier alpha value is -2.10. The molecule has 1 heterocycles. The Labute approximate surface area is 100 Å². The van der Waals surface area contributed by atoms with Gasteiger partial charge in [0.25, 0.3) is 0 Å². The molecule has 4 heteroatoms. The summed E-state index contributed by atoms with van der Waals surface area (Å²) in [6.45, 7) is 3.57. The zero-order valence-corrected chi connectivity index (χ0v) is 9.67. The number of benzene rings is 1. The first-order chi connectivity index (χ1) is 8.15. The Morgan fingerprint density at radius 2 is 2.06 bits per heavy atom. The van der Waals surface area contributed by atoms with Gasteiger partial charge in [-0.15, -0.1) is 0 Å². The Morgan fingerprint density at radius 1 is 1.41 bits per heavy atom. The van der Waals surface area contributed by atoms with Crippen LogP contribution in [0.3, 0.4) is 0 Å². The summed E-state index contributed by atoms with van der Waals surface area (Å²) in [4.78, 5) is 26.5. The molecule has 0 radical (unpaired) electrons. The normalized spacial score (nSPS) is 19.6. The third-order valence-corrected chi connectivity index (χ3v) is 2.92.